The first-order valence-corrected chi connectivity index (χ1v) is 9.34. The van der Waals surface area contributed by atoms with E-state index in [2.05, 4.69) is 0 Å². The van der Waals surface area contributed by atoms with Gasteiger partial charge in [0.15, 0.2) is 0 Å². The van der Waals surface area contributed by atoms with E-state index < -0.39 is 10.0 Å². The zero-order chi connectivity index (χ0) is 17.2. The molecule has 0 amide bonds. The lowest BCUT2D eigenvalue weighted by molar-refractivity contribution is -0.00258. The molecular formula is C17H18ClNO4S. The van der Waals surface area contributed by atoms with Crippen molar-refractivity contribution in [1.82, 2.24) is 4.31 Å². The third-order valence-electron chi connectivity index (χ3n) is 3.94. The largest absolute Gasteiger partial charge is 0.495 e. The number of hydrogen-bond acceptors (Lipinski definition) is 4. The number of methoxy groups -OCH3 is 1. The Morgan fingerprint density at radius 2 is 1.96 bits per heavy atom. The molecule has 1 saturated heterocycles. The smallest absolute Gasteiger partial charge is 0.246 e. The van der Waals surface area contributed by atoms with Crippen LogP contribution in [-0.2, 0) is 14.8 Å². The molecule has 1 aliphatic heterocycles. The van der Waals surface area contributed by atoms with Crippen LogP contribution in [0.25, 0.3) is 0 Å². The summed E-state index contributed by atoms with van der Waals surface area (Å²) in [5, 5.41) is 0.426. The summed E-state index contributed by atoms with van der Waals surface area (Å²) in [4.78, 5) is 0.114. The van der Waals surface area contributed by atoms with Crippen LogP contribution in [0.1, 0.15) is 11.7 Å². The summed E-state index contributed by atoms with van der Waals surface area (Å²) >= 11 is 5.93. The third kappa shape index (κ3) is 3.42. The van der Waals surface area contributed by atoms with E-state index in [0.29, 0.717) is 18.2 Å². The Hall–Kier alpha value is -1.60. The number of sulfonamides is 1. The van der Waals surface area contributed by atoms with Crippen molar-refractivity contribution in [2.24, 2.45) is 0 Å². The molecule has 0 radical (unpaired) electrons. The SMILES string of the molecule is COc1cc(Cl)ccc1S(=O)(=O)N1CCOC(c2ccccc2)C1. The maximum Gasteiger partial charge on any atom is 0.246 e. The van der Waals surface area contributed by atoms with E-state index >= 15 is 0 Å². The van der Waals surface area contributed by atoms with Crippen LogP contribution in [0, 0.1) is 0 Å². The predicted molar refractivity (Wildman–Crippen MR) is 91.9 cm³/mol. The van der Waals surface area contributed by atoms with Gasteiger partial charge in [0.25, 0.3) is 0 Å². The lowest BCUT2D eigenvalue weighted by Gasteiger charge is -2.32. The fourth-order valence-electron chi connectivity index (χ4n) is 2.71. The van der Waals surface area contributed by atoms with Gasteiger partial charge in [-0.25, -0.2) is 8.42 Å². The van der Waals surface area contributed by atoms with Gasteiger partial charge in [0, 0.05) is 24.2 Å². The Bertz CT molecular complexity index is 811. The van der Waals surface area contributed by atoms with Crippen LogP contribution in [0.15, 0.2) is 53.4 Å². The molecule has 5 nitrogen and oxygen atoms in total. The summed E-state index contributed by atoms with van der Waals surface area (Å²) in [5.41, 5.74) is 0.959. The highest BCUT2D eigenvalue weighted by Crippen LogP contribution is 2.32. The van der Waals surface area contributed by atoms with Crippen LogP contribution >= 0.6 is 11.6 Å². The molecule has 0 spiro atoms. The number of benzene rings is 2. The van der Waals surface area contributed by atoms with Crippen LogP contribution in [0.2, 0.25) is 5.02 Å². The maximum atomic E-state index is 13.0. The van der Waals surface area contributed by atoms with Gasteiger partial charge in [0.2, 0.25) is 10.0 Å². The molecule has 1 fully saturated rings. The van der Waals surface area contributed by atoms with E-state index in [1.165, 1.54) is 23.5 Å². The second-order valence-electron chi connectivity index (χ2n) is 5.43. The first-order valence-electron chi connectivity index (χ1n) is 7.52. The molecule has 24 heavy (non-hydrogen) atoms. The van der Waals surface area contributed by atoms with Crippen molar-refractivity contribution >= 4 is 21.6 Å². The van der Waals surface area contributed by atoms with Crippen molar-refractivity contribution in [3.8, 4) is 5.75 Å². The van der Waals surface area contributed by atoms with Crippen molar-refractivity contribution in [2.45, 2.75) is 11.0 Å². The molecule has 0 aromatic heterocycles. The first kappa shape index (κ1) is 17.2. The van der Waals surface area contributed by atoms with E-state index in [9.17, 15) is 8.42 Å². The summed E-state index contributed by atoms with van der Waals surface area (Å²) in [6.07, 6.45) is -0.284. The minimum atomic E-state index is -3.69. The quantitative estimate of drug-likeness (QED) is 0.833. The molecule has 128 valence electrons. The molecule has 0 aliphatic carbocycles. The number of ether oxygens (including phenoxy) is 2. The molecule has 1 aliphatic rings. The van der Waals surface area contributed by atoms with Gasteiger partial charge in [-0.3, -0.25) is 0 Å². The van der Waals surface area contributed by atoms with Crippen LogP contribution in [-0.4, -0.2) is 39.5 Å². The highest BCUT2D eigenvalue weighted by molar-refractivity contribution is 7.89. The predicted octanol–water partition coefficient (Wildman–Crippen LogP) is 3.11. The third-order valence-corrected chi connectivity index (χ3v) is 6.08. The minimum absolute atomic E-state index is 0.114. The topological polar surface area (TPSA) is 55.8 Å². The van der Waals surface area contributed by atoms with Crippen LogP contribution in [0.3, 0.4) is 0 Å². The molecular weight excluding hydrogens is 350 g/mol. The van der Waals surface area contributed by atoms with E-state index in [-0.39, 0.29) is 23.3 Å². The first-order chi connectivity index (χ1) is 11.5. The lowest BCUT2D eigenvalue weighted by Crippen LogP contribution is -2.42. The fraction of sp³-hybridized carbons (Fsp3) is 0.294. The van der Waals surface area contributed by atoms with Crippen LogP contribution < -0.4 is 4.74 Å². The number of nitrogens with zero attached hydrogens (tertiary/aromatic N) is 1. The molecule has 1 unspecified atom stereocenters. The normalized spacial score (nSPS) is 19.2. The van der Waals surface area contributed by atoms with Gasteiger partial charge in [-0.05, 0) is 17.7 Å². The standard InChI is InChI=1S/C17H18ClNO4S/c1-22-15-11-14(18)7-8-17(15)24(20,21)19-9-10-23-16(12-19)13-5-3-2-4-6-13/h2-8,11,16H,9-10,12H2,1H3. The van der Waals surface area contributed by atoms with Gasteiger partial charge < -0.3 is 9.47 Å². The van der Waals surface area contributed by atoms with Crippen LogP contribution in [0.4, 0.5) is 0 Å². The summed E-state index contributed by atoms with van der Waals surface area (Å²) in [5.74, 6) is 0.241. The Labute approximate surface area is 146 Å². The Morgan fingerprint density at radius 3 is 2.67 bits per heavy atom. The summed E-state index contributed by atoms with van der Waals surface area (Å²) in [6.45, 7) is 0.907. The summed E-state index contributed by atoms with van der Waals surface area (Å²) in [6, 6.07) is 14.1. The zero-order valence-electron chi connectivity index (χ0n) is 13.2. The van der Waals surface area contributed by atoms with Crippen molar-refractivity contribution in [3.63, 3.8) is 0 Å². The second-order valence-corrected chi connectivity index (χ2v) is 7.77. The van der Waals surface area contributed by atoms with Crippen molar-refractivity contribution in [3.05, 3.63) is 59.1 Å². The second kappa shape index (κ2) is 7.11. The Morgan fingerprint density at radius 1 is 1.21 bits per heavy atom. The van der Waals surface area contributed by atoms with Crippen LogP contribution in [0.5, 0.6) is 5.75 Å². The van der Waals surface area contributed by atoms with Gasteiger partial charge in [-0.1, -0.05) is 41.9 Å². The monoisotopic (exact) mass is 367 g/mol. The maximum absolute atomic E-state index is 13.0. The summed E-state index contributed by atoms with van der Waals surface area (Å²) in [7, 11) is -2.27. The van der Waals surface area contributed by atoms with Gasteiger partial charge in [-0.15, -0.1) is 0 Å². The summed E-state index contributed by atoms with van der Waals surface area (Å²) < 4.78 is 38.4. The molecule has 1 heterocycles. The molecule has 2 aromatic rings. The number of halogens is 1. The van der Waals surface area contributed by atoms with E-state index in [1.54, 1.807) is 6.07 Å². The molecule has 3 rings (SSSR count). The Balaban J connectivity index is 1.90. The van der Waals surface area contributed by atoms with Crippen molar-refractivity contribution < 1.29 is 17.9 Å². The van der Waals surface area contributed by atoms with Crippen molar-refractivity contribution in [2.75, 3.05) is 26.8 Å². The van der Waals surface area contributed by atoms with Gasteiger partial charge in [0.1, 0.15) is 10.6 Å². The Kier molecular flexibility index (Phi) is 5.10. The average molecular weight is 368 g/mol. The fourth-order valence-corrected chi connectivity index (χ4v) is 4.43. The number of hydrogen-bond donors (Lipinski definition) is 0. The van der Waals surface area contributed by atoms with E-state index in [4.69, 9.17) is 21.1 Å². The molecule has 0 N–H and O–H groups in total. The van der Waals surface area contributed by atoms with E-state index in [0.717, 1.165) is 5.56 Å². The zero-order valence-corrected chi connectivity index (χ0v) is 14.8. The molecule has 2 aromatic carbocycles. The number of rotatable bonds is 4. The molecule has 0 saturated carbocycles. The average Bonchev–Trinajstić information content (AvgIpc) is 2.62. The van der Waals surface area contributed by atoms with Gasteiger partial charge >= 0.3 is 0 Å². The van der Waals surface area contributed by atoms with Gasteiger partial charge in [0.05, 0.1) is 19.8 Å². The highest BCUT2D eigenvalue weighted by atomic mass is 35.5. The minimum Gasteiger partial charge on any atom is -0.495 e. The number of morpholine rings is 1. The molecule has 1 atom stereocenters. The molecule has 7 heteroatoms. The molecule has 0 bridgehead atoms. The van der Waals surface area contributed by atoms with Gasteiger partial charge in [-0.2, -0.15) is 4.31 Å². The highest BCUT2D eigenvalue weighted by Gasteiger charge is 2.33. The lowest BCUT2D eigenvalue weighted by atomic mass is 10.1. The van der Waals surface area contributed by atoms with E-state index in [1.807, 2.05) is 30.3 Å². The van der Waals surface area contributed by atoms with Crippen molar-refractivity contribution in [1.29, 1.82) is 0 Å².